The van der Waals surface area contributed by atoms with E-state index in [1.165, 1.54) is 12.8 Å². The zero-order valence-electron chi connectivity index (χ0n) is 22.3. The number of hydrogen-bond acceptors (Lipinski definition) is 8. The molecule has 9 nitrogen and oxygen atoms in total. The van der Waals surface area contributed by atoms with Gasteiger partial charge in [0.15, 0.2) is 11.6 Å². The summed E-state index contributed by atoms with van der Waals surface area (Å²) in [6.45, 7) is 11.1. The van der Waals surface area contributed by atoms with E-state index >= 15 is 4.39 Å². The summed E-state index contributed by atoms with van der Waals surface area (Å²) in [5.41, 5.74) is 3.45. The van der Waals surface area contributed by atoms with Crippen LogP contribution in [-0.4, -0.2) is 73.3 Å². The highest BCUT2D eigenvalue weighted by molar-refractivity contribution is 5.82. The first-order chi connectivity index (χ1) is 18.4. The molecular formula is C28H36FN7O2. The Balaban J connectivity index is 1.40. The van der Waals surface area contributed by atoms with Crippen LogP contribution in [0.3, 0.4) is 0 Å². The molecule has 202 valence electrons. The second-order valence-electron chi connectivity index (χ2n) is 9.88. The Labute approximate surface area is 222 Å². The van der Waals surface area contributed by atoms with Gasteiger partial charge in [-0.3, -0.25) is 4.90 Å². The summed E-state index contributed by atoms with van der Waals surface area (Å²) in [5.74, 6) is 1.45. The van der Waals surface area contributed by atoms with Crippen LogP contribution in [0.25, 0.3) is 10.9 Å². The van der Waals surface area contributed by atoms with Gasteiger partial charge in [-0.1, -0.05) is 6.58 Å². The Hall–Kier alpha value is -3.63. The van der Waals surface area contributed by atoms with Gasteiger partial charge in [0.05, 0.1) is 6.61 Å². The fourth-order valence-corrected chi connectivity index (χ4v) is 4.75. The molecule has 3 heterocycles. The molecule has 1 aliphatic carbocycles. The highest BCUT2D eigenvalue weighted by atomic mass is 19.1. The van der Waals surface area contributed by atoms with E-state index in [1.54, 1.807) is 25.3 Å². The molecule has 1 aromatic carbocycles. The molecule has 1 saturated heterocycles. The van der Waals surface area contributed by atoms with Crippen LogP contribution < -0.4 is 20.3 Å². The van der Waals surface area contributed by atoms with Crippen LogP contribution in [0.5, 0.6) is 11.8 Å². The average molecular weight is 522 g/mol. The standard InChI is InChI=1S/C28H36FN7O2/c1-18-15-21-22(31-18)7-8-24(27(21)29)38-28-33-25(32-19(2)16-23(30-3)20-5-6-20)17-26(34-28)36-11-9-35(10-12-36)13-14-37-4/h7-8,15-17,20,30-31H,2,5-6,9-14H2,1,3-4H3,(H,32,33,34)/b23-16-. The maximum absolute atomic E-state index is 15.3. The molecule has 5 rings (SSSR count). The fraction of sp³-hybridized carbons (Fsp3) is 0.429. The first kappa shape index (κ1) is 26.0. The minimum atomic E-state index is -0.447. The lowest BCUT2D eigenvalue weighted by atomic mass is 10.2. The molecule has 1 aliphatic heterocycles. The number of anilines is 2. The molecule has 2 aromatic heterocycles. The van der Waals surface area contributed by atoms with Gasteiger partial charge >= 0.3 is 6.01 Å². The Morgan fingerprint density at radius 1 is 1.21 bits per heavy atom. The van der Waals surface area contributed by atoms with E-state index in [-0.39, 0.29) is 11.8 Å². The van der Waals surface area contributed by atoms with Gasteiger partial charge in [0, 0.05) is 80.9 Å². The summed E-state index contributed by atoms with van der Waals surface area (Å²) in [6.07, 6.45) is 4.38. The Kier molecular flexibility index (Phi) is 7.80. The predicted molar refractivity (Wildman–Crippen MR) is 148 cm³/mol. The molecule has 3 aromatic rings. The number of aryl methyl sites for hydroxylation is 1. The second kappa shape index (κ2) is 11.4. The minimum absolute atomic E-state index is 0.0742. The van der Waals surface area contributed by atoms with Gasteiger partial charge in [-0.25, -0.2) is 4.39 Å². The SMILES string of the molecule is C=C(/C=C(\NC)C1CC1)Nc1cc(N2CCN(CCOC)CC2)nc(Oc2ccc3[nH]c(C)cc3c2F)n1. The number of rotatable bonds is 11. The zero-order valence-corrected chi connectivity index (χ0v) is 22.3. The fourth-order valence-electron chi connectivity index (χ4n) is 4.75. The van der Waals surface area contributed by atoms with Crippen molar-refractivity contribution in [1.29, 1.82) is 0 Å². The van der Waals surface area contributed by atoms with E-state index in [1.807, 2.05) is 26.1 Å². The van der Waals surface area contributed by atoms with Crippen molar-refractivity contribution in [3.05, 3.63) is 59.8 Å². The highest BCUT2D eigenvalue weighted by Crippen LogP contribution is 2.35. The summed E-state index contributed by atoms with van der Waals surface area (Å²) < 4.78 is 26.4. The Morgan fingerprint density at radius 2 is 2.00 bits per heavy atom. The van der Waals surface area contributed by atoms with Gasteiger partial charge in [-0.05, 0) is 50.0 Å². The number of methoxy groups -OCH3 is 1. The van der Waals surface area contributed by atoms with Crippen molar-refractivity contribution in [2.24, 2.45) is 5.92 Å². The molecule has 0 spiro atoms. The summed E-state index contributed by atoms with van der Waals surface area (Å²) in [6, 6.07) is 7.13. The Bertz CT molecular complexity index is 1330. The normalized spacial score (nSPS) is 16.6. The summed E-state index contributed by atoms with van der Waals surface area (Å²) >= 11 is 0. The maximum atomic E-state index is 15.3. The third kappa shape index (κ3) is 6.08. The first-order valence-electron chi connectivity index (χ1n) is 13.1. The molecule has 0 unspecified atom stereocenters. The lowest BCUT2D eigenvalue weighted by Gasteiger charge is -2.35. The maximum Gasteiger partial charge on any atom is 0.326 e. The largest absolute Gasteiger partial charge is 0.421 e. The van der Waals surface area contributed by atoms with Crippen molar-refractivity contribution in [2.45, 2.75) is 19.8 Å². The molecule has 38 heavy (non-hydrogen) atoms. The molecule has 0 bridgehead atoms. The number of hydrogen-bond donors (Lipinski definition) is 3. The Morgan fingerprint density at radius 3 is 2.71 bits per heavy atom. The molecule has 2 aliphatic rings. The number of nitrogens with zero attached hydrogens (tertiary/aromatic N) is 4. The van der Waals surface area contributed by atoms with E-state index in [4.69, 9.17) is 9.47 Å². The van der Waals surface area contributed by atoms with Crippen molar-refractivity contribution in [3.63, 3.8) is 0 Å². The monoisotopic (exact) mass is 521 g/mol. The van der Waals surface area contributed by atoms with Crippen LogP contribution >= 0.6 is 0 Å². The topological polar surface area (TPSA) is 90.6 Å². The second-order valence-corrected chi connectivity index (χ2v) is 9.88. The number of aromatic nitrogens is 3. The van der Waals surface area contributed by atoms with Crippen LogP contribution in [0.4, 0.5) is 16.0 Å². The van der Waals surface area contributed by atoms with Crippen LogP contribution in [0, 0.1) is 18.7 Å². The van der Waals surface area contributed by atoms with Crippen LogP contribution in [0.1, 0.15) is 18.5 Å². The van der Waals surface area contributed by atoms with Gasteiger partial charge in [-0.15, -0.1) is 0 Å². The third-order valence-corrected chi connectivity index (χ3v) is 6.96. The third-order valence-electron chi connectivity index (χ3n) is 6.96. The molecule has 0 atom stereocenters. The molecule has 10 heteroatoms. The lowest BCUT2D eigenvalue weighted by molar-refractivity contribution is 0.144. The number of aromatic amines is 1. The number of halogens is 1. The molecule has 0 amide bonds. The molecular weight excluding hydrogens is 485 g/mol. The number of piperazine rings is 1. The van der Waals surface area contributed by atoms with Gasteiger partial charge < -0.3 is 30.0 Å². The summed E-state index contributed by atoms with van der Waals surface area (Å²) in [7, 11) is 3.65. The van der Waals surface area contributed by atoms with Crippen molar-refractivity contribution in [3.8, 4) is 11.8 Å². The number of H-pyrrole nitrogens is 1. The van der Waals surface area contributed by atoms with Gasteiger partial charge in [-0.2, -0.15) is 9.97 Å². The molecule has 1 saturated carbocycles. The molecule has 0 radical (unpaired) electrons. The molecule has 2 fully saturated rings. The van der Waals surface area contributed by atoms with Crippen molar-refractivity contribution in [1.82, 2.24) is 25.2 Å². The van der Waals surface area contributed by atoms with Gasteiger partial charge in [0.25, 0.3) is 0 Å². The van der Waals surface area contributed by atoms with Crippen molar-refractivity contribution < 1.29 is 13.9 Å². The van der Waals surface area contributed by atoms with E-state index < -0.39 is 5.82 Å². The summed E-state index contributed by atoms with van der Waals surface area (Å²) in [4.78, 5) is 16.9. The van der Waals surface area contributed by atoms with Crippen molar-refractivity contribution >= 4 is 22.5 Å². The van der Waals surface area contributed by atoms with Crippen molar-refractivity contribution in [2.75, 3.05) is 63.7 Å². The average Bonchev–Trinajstić information content (AvgIpc) is 3.68. The first-order valence-corrected chi connectivity index (χ1v) is 13.1. The number of ether oxygens (including phenoxy) is 2. The highest BCUT2D eigenvalue weighted by Gasteiger charge is 2.25. The van der Waals surface area contributed by atoms with E-state index in [2.05, 4.69) is 42.0 Å². The molecule has 3 N–H and O–H groups in total. The van der Waals surface area contributed by atoms with Crippen LogP contribution in [0.15, 0.2) is 48.3 Å². The summed E-state index contributed by atoms with van der Waals surface area (Å²) in [5, 5.41) is 7.02. The zero-order chi connectivity index (χ0) is 26.6. The smallest absolute Gasteiger partial charge is 0.326 e. The number of allylic oxidation sites excluding steroid dienone is 2. The van der Waals surface area contributed by atoms with E-state index in [0.717, 1.165) is 55.4 Å². The van der Waals surface area contributed by atoms with Gasteiger partial charge in [0.2, 0.25) is 0 Å². The van der Waals surface area contributed by atoms with Crippen LogP contribution in [0.2, 0.25) is 0 Å². The van der Waals surface area contributed by atoms with Gasteiger partial charge in [0.1, 0.15) is 11.6 Å². The quantitative estimate of drug-likeness (QED) is 0.320. The minimum Gasteiger partial charge on any atom is -0.421 e. The predicted octanol–water partition coefficient (Wildman–Crippen LogP) is 4.41. The van der Waals surface area contributed by atoms with Crippen LogP contribution in [-0.2, 0) is 4.74 Å². The number of nitrogens with one attached hydrogen (secondary N) is 3. The number of benzene rings is 1. The number of fused-ring (bicyclic) bond motifs is 1. The lowest BCUT2D eigenvalue weighted by Crippen LogP contribution is -2.47. The van der Waals surface area contributed by atoms with E-state index in [0.29, 0.717) is 29.4 Å². The van der Waals surface area contributed by atoms with E-state index in [9.17, 15) is 0 Å².